The second-order valence-electron chi connectivity index (χ2n) is 6.28. The van der Waals surface area contributed by atoms with Crippen molar-refractivity contribution in [1.29, 1.82) is 0 Å². The van der Waals surface area contributed by atoms with Gasteiger partial charge >= 0.3 is 6.55 Å². The molecule has 0 unspecified atom stereocenters. The summed E-state index contributed by atoms with van der Waals surface area (Å²) in [5.41, 5.74) is 0.197. The lowest BCUT2D eigenvalue weighted by Gasteiger charge is -2.33. The van der Waals surface area contributed by atoms with Crippen molar-refractivity contribution in [1.82, 2.24) is 14.8 Å². The normalized spacial score (nSPS) is 24.3. The standard InChI is InChI=1S/C16H18ClF2N3O2/c1-16(23)5-2-10(3-6-16)24-13-8-14(17)20-9-11(13)12-4-7-22(21-12)15(18)19/h4,7-10,15,23H,2-3,5-6H2,1H3. The first-order chi connectivity index (χ1) is 11.3. The average molecular weight is 358 g/mol. The number of nitrogens with zero attached hydrogens (tertiary/aromatic N) is 3. The first-order valence-corrected chi connectivity index (χ1v) is 8.10. The Morgan fingerprint density at radius 3 is 2.75 bits per heavy atom. The van der Waals surface area contributed by atoms with E-state index in [4.69, 9.17) is 16.3 Å². The minimum absolute atomic E-state index is 0.0698. The van der Waals surface area contributed by atoms with Gasteiger partial charge in [0, 0.05) is 18.5 Å². The summed E-state index contributed by atoms with van der Waals surface area (Å²) in [6, 6.07) is 3.04. The Balaban J connectivity index is 1.83. The third-order valence-corrected chi connectivity index (χ3v) is 4.43. The van der Waals surface area contributed by atoms with Gasteiger partial charge in [0.1, 0.15) is 10.9 Å². The third-order valence-electron chi connectivity index (χ3n) is 4.22. The van der Waals surface area contributed by atoms with Crippen molar-refractivity contribution in [2.75, 3.05) is 0 Å². The van der Waals surface area contributed by atoms with E-state index in [9.17, 15) is 13.9 Å². The highest BCUT2D eigenvalue weighted by Crippen LogP contribution is 2.35. The molecule has 130 valence electrons. The van der Waals surface area contributed by atoms with Gasteiger partial charge in [0.05, 0.1) is 23.0 Å². The van der Waals surface area contributed by atoms with E-state index in [1.807, 2.05) is 6.92 Å². The maximum absolute atomic E-state index is 12.7. The zero-order valence-electron chi connectivity index (χ0n) is 13.1. The summed E-state index contributed by atoms with van der Waals surface area (Å²) in [7, 11) is 0. The number of ether oxygens (including phenoxy) is 1. The molecule has 1 aliphatic rings. The summed E-state index contributed by atoms with van der Waals surface area (Å²) in [5, 5.41) is 14.1. The van der Waals surface area contributed by atoms with Crippen molar-refractivity contribution in [2.24, 2.45) is 0 Å². The molecule has 3 rings (SSSR count). The van der Waals surface area contributed by atoms with Crippen molar-refractivity contribution in [2.45, 2.75) is 50.9 Å². The van der Waals surface area contributed by atoms with E-state index < -0.39 is 12.2 Å². The molecule has 0 bridgehead atoms. The fraction of sp³-hybridized carbons (Fsp3) is 0.500. The number of pyridine rings is 1. The monoisotopic (exact) mass is 357 g/mol. The molecule has 0 amide bonds. The van der Waals surface area contributed by atoms with Crippen LogP contribution in [0.5, 0.6) is 5.75 Å². The molecule has 0 aromatic carbocycles. The Kier molecular flexibility index (Phi) is 4.73. The molecular weight excluding hydrogens is 340 g/mol. The number of halogens is 3. The smallest absolute Gasteiger partial charge is 0.333 e. The molecule has 5 nitrogen and oxygen atoms in total. The molecule has 1 saturated carbocycles. The Morgan fingerprint density at radius 1 is 1.42 bits per heavy atom. The van der Waals surface area contributed by atoms with Crippen LogP contribution in [-0.4, -0.2) is 31.6 Å². The fourth-order valence-electron chi connectivity index (χ4n) is 2.80. The van der Waals surface area contributed by atoms with Gasteiger partial charge in [-0.1, -0.05) is 11.6 Å². The van der Waals surface area contributed by atoms with Gasteiger partial charge in [0.25, 0.3) is 0 Å². The van der Waals surface area contributed by atoms with Gasteiger partial charge < -0.3 is 9.84 Å². The number of rotatable bonds is 4. The van der Waals surface area contributed by atoms with E-state index in [0.29, 0.717) is 47.4 Å². The van der Waals surface area contributed by atoms with Crippen molar-refractivity contribution >= 4 is 11.6 Å². The minimum Gasteiger partial charge on any atom is -0.490 e. The molecule has 0 radical (unpaired) electrons. The predicted molar refractivity (Wildman–Crippen MR) is 85.2 cm³/mol. The number of aromatic nitrogens is 3. The van der Waals surface area contributed by atoms with Gasteiger partial charge in [-0.25, -0.2) is 9.67 Å². The van der Waals surface area contributed by atoms with Crippen molar-refractivity contribution < 1.29 is 18.6 Å². The van der Waals surface area contributed by atoms with E-state index in [2.05, 4.69) is 10.1 Å². The van der Waals surface area contributed by atoms with Crippen LogP contribution in [0.3, 0.4) is 0 Å². The van der Waals surface area contributed by atoms with Crippen LogP contribution in [0.2, 0.25) is 5.15 Å². The topological polar surface area (TPSA) is 60.2 Å². The Morgan fingerprint density at radius 2 is 2.12 bits per heavy atom. The number of alkyl halides is 2. The summed E-state index contributed by atoms with van der Waals surface area (Å²) in [5.74, 6) is 0.459. The predicted octanol–water partition coefficient (Wildman–Crippen LogP) is 4.07. The summed E-state index contributed by atoms with van der Waals surface area (Å²) in [4.78, 5) is 4.00. The average Bonchev–Trinajstić information content (AvgIpc) is 2.99. The Bertz CT molecular complexity index is 711. The zero-order valence-corrected chi connectivity index (χ0v) is 13.9. The molecule has 0 saturated heterocycles. The van der Waals surface area contributed by atoms with Crippen LogP contribution in [-0.2, 0) is 0 Å². The molecule has 1 N–H and O–H groups in total. The van der Waals surface area contributed by atoms with Crippen LogP contribution < -0.4 is 4.74 Å². The highest BCUT2D eigenvalue weighted by Gasteiger charge is 2.30. The van der Waals surface area contributed by atoms with Gasteiger partial charge in [-0.2, -0.15) is 13.9 Å². The minimum atomic E-state index is -2.70. The van der Waals surface area contributed by atoms with Gasteiger partial charge in [-0.15, -0.1) is 0 Å². The Labute approximate surface area is 143 Å². The second kappa shape index (κ2) is 6.64. The molecule has 2 heterocycles. The molecule has 24 heavy (non-hydrogen) atoms. The van der Waals surface area contributed by atoms with Crippen LogP contribution in [0.15, 0.2) is 24.5 Å². The van der Waals surface area contributed by atoms with Crippen molar-refractivity contribution in [3.63, 3.8) is 0 Å². The van der Waals surface area contributed by atoms with Gasteiger partial charge in [-0.3, -0.25) is 0 Å². The molecule has 2 aromatic rings. The van der Waals surface area contributed by atoms with E-state index in [-0.39, 0.29) is 11.3 Å². The van der Waals surface area contributed by atoms with E-state index >= 15 is 0 Å². The highest BCUT2D eigenvalue weighted by atomic mass is 35.5. The summed E-state index contributed by atoms with van der Waals surface area (Å²) < 4.78 is 32.0. The van der Waals surface area contributed by atoms with E-state index in [1.165, 1.54) is 18.5 Å². The largest absolute Gasteiger partial charge is 0.490 e. The molecule has 0 atom stereocenters. The lowest BCUT2D eigenvalue weighted by molar-refractivity contribution is -0.0107. The van der Waals surface area contributed by atoms with Crippen molar-refractivity contribution in [3.05, 3.63) is 29.7 Å². The quantitative estimate of drug-likeness (QED) is 0.838. The summed E-state index contributed by atoms with van der Waals surface area (Å²) in [6.07, 6.45) is 5.30. The van der Waals surface area contributed by atoms with E-state index in [0.717, 1.165) is 0 Å². The van der Waals surface area contributed by atoms with Gasteiger partial charge in [0.15, 0.2) is 0 Å². The van der Waals surface area contributed by atoms with E-state index in [1.54, 1.807) is 6.07 Å². The zero-order chi connectivity index (χ0) is 17.3. The van der Waals surface area contributed by atoms with Gasteiger partial charge in [-0.05, 0) is 38.7 Å². The fourth-order valence-corrected chi connectivity index (χ4v) is 2.95. The van der Waals surface area contributed by atoms with Crippen LogP contribution in [0.1, 0.15) is 39.2 Å². The molecule has 1 aliphatic carbocycles. The molecule has 0 aliphatic heterocycles. The van der Waals surface area contributed by atoms with Crippen LogP contribution in [0.4, 0.5) is 8.78 Å². The van der Waals surface area contributed by atoms with Gasteiger partial charge in [0.2, 0.25) is 0 Å². The SMILES string of the molecule is CC1(O)CCC(Oc2cc(Cl)ncc2-c2ccn(C(F)F)n2)CC1. The lowest BCUT2D eigenvalue weighted by Crippen LogP contribution is -2.34. The summed E-state index contributed by atoms with van der Waals surface area (Å²) in [6.45, 7) is -0.890. The first-order valence-electron chi connectivity index (χ1n) is 7.72. The van der Waals surface area contributed by atoms with Crippen LogP contribution >= 0.6 is 11.6 Å². The second-order valence-corrected chi connectivity index (χ2v) is 6.66. The maximum Gasteiger partial charge on any atom is 0.333 e. The first kappa shape index (κ1) is 17.1. The van der Waals surface area contributed by atoms with Crippen molar-refractivity contribution in [3.8, 4) is 17.0 Å². The number of hydrogen-bond donors (Lipinski definition) is 1. The summed E-state index contributed by atoms with van der Waals surface area (Å²) >= 11 is 5.95. The lowest BCUT2D eigenvalue weighted by atomic mass is 9.85. The van der Waals surface area contributed by atoms with Crippen LogP contribution in [0, 0.1) is 0 Å². The molecule has 8 heteroatoms. The number of aliphatic hydroxyl groups is 1. The Hall–Kier alpha value is -1.73. The highest BCUT2D eigenvalue weighted by molar-refractivity contribution is 6.29. The molecule has 0 spiro atoms. The molecule has 2 aromatic heterocycles. The maximum atomic E-state index is 12.7. The third kappa shape index (κ3) is 3.84. The molecule has 1 fully saturated rings. The van der Waals surface area contributed by atoms with Crippen LogP contribution in [0.25, 0.3) is 11.3 Å². The molecular formula is C16H18ClF2N3O2. The number of hydrogen-bond acceptors (Lipinski definition) is 4.